The first-order chi connectivity index (χ1) is 14.1. The van der Waals surface area contributed by atoms with Gasteiger partial charge in [0.15, 0.2) is 6.10 Å². The Bertz CT molecular complexity index is 971. The Kier molecular flexibility index (Phi) is 7.89. The van der Waals surface area contributed by atoms with Gasteiger partial charge in [0, 0.05) is 7.05 Å². The standard InChI is InChI=1S/C23H32N2O4S/c1-7-21(20-14-9-16(3)15-17(20)4)24-23(26)22(8-2)29-19-12-10-18(11-13-19)25(5)30(6,27)28/h9-15,21-22H,7-8H2,1-6H3,(H,24,26)/t21-,22-/m0/s1. The number of hydrogen-bond acceptors (Lipinski definition) is 4. The van der Waals surface area contributed by atoms with Crippen LogP contribution in [0, 0.1) is 13.8 Å². The molecule has 1 N–H and O–H groups in total. The summed E-state index contributed by atoms with van der Waals surface area (Å²) in [6.45, 7) is 8.05. The highest BCUT2D eigenvalue weighted by Gasteiger charge is 2.23. The molecule has 0 aliphatic carbocycles. The third-order valence-corrected chi connectivity index (χ3v) is 6.37. The molecule has 6 nitrogen and oxygen atoms in total. The van der Waals surface area contributed by atoms with Crippen molar-refractivity contribution in [2.24, 2.45) is 0 Å². The molecule has 1 amide bonds. The predicted octanol–water partition coefficient (Wildman–Crippen LogP) is 4.12. The monoisotopic (exact) mass is 432 g/mol. The molecule has 2 aromatic rings. The second-order valence-electron chi connectivity index (χ2n) is 7.57. The van der Waals surface area contributed by atoms with Gasteiger partial charge in [0.1, 0.15) is 5.75 Å². The van der Waals surface area contributed by atoms with Crippen LogP contribution in [0.25, 0.3) is 0 Å². The van der Waals surface area contributed by atoms with Gasteiger partial charge >= 0.3 is 0 Å². The lowest BCUT2D eigenvalue weighted by atomic mass is 9.97. The molecule has 0 unspecified atom stereocenters. The number of nitrogens with zero attached hydrogens (tertiary/aromatic N) is 1. The van der Waals surface area contributed by atoms with Crippen LogP contribution in [0.15, 0.2) is 42.5 Å². The van der Waals surface area contributed by atoms with E-state index in [0.717, 1.165) is 23.8 Å². The van der Waals surface area contributed by atoms with E-state index in [4.69, 9.17) is 4.74 Å². The first kappa shape index (κ1) is 23.7. The fourth-order valence-electron chi connectivity index (χ4n) is 3.29. The van der Waals surface area contributed by atoms with E-state index in [2.05, 4.69) is 37.4 Å². The van der Waals surface area contributed by atoms with Gasteiger partial charge < -0.3 is 10.1 Å². The van der Waals surface area contributed by atoms with Gasteiger partial charge in [-0.25, -0.2) is 8.42 Å². The highest BCUT2D eigenvalue weighted by Crippen LogP contribution is 2.24. The molecule has 2 aromatic carbocycles. The third kappa shape index (κ3) is 5.98. The fourth-order valence-corrected chi connectivity index (χ4v) is 3.80. The quantitative estimate of drug-likeness (QED) is 0.647. The molecule has 164 valence electrons. The summed E-state index contributed by atoms with van der Waals surface area (Å²) in [6.07, 6.45) is 1.80. The molecule has 0 aliphatic rings. The Balaban J connectivity index is 2.10. The van der Waals surface area contributed by atoms with Gasteiger partial charge in [-0.2, -0.15) is 0 Å². The largest absolute Gasteiger partial charge is 0.481 e. The molecule has 7 heteroatoms. The minimum atomic E-state index is -3.33. The predicted molar refractivity (Wildman–Crippen MR) is 121 cm³/mol. The second-order valence-corrected chi connectivity index (χ2v) is 9.58. The van der Waals surface area contributed by atoms with Crippen LogP contribution >= 0.6 is 0 Å². The van der Waals surface area contributed by atoms with Crippen molar-refractivity contribution in [1.82, 2.24) is 5.32 Å². The lowest BCUT2D eigenvalue weighted by Crippen LogP contribution is -2.40. The number of anilines is 1. The van der Waals surface area contributed by atoms with Crippen LogP contribution in [0.2, 0.25) is 0 Å². The molecular formula is C23H32N2O4S. The summed E-state index contributed by atoms with van der Waals surface area (Å²) >= 11 is 0. The number of carbonyl (C=O) groups excluding carboxylic acids is 1. The van der Waals surface area contributed by atoms with Crippen molar-refractivity contribution in [3.05, 3.63) is 59.2 Å². The Hall–Kier alpha value is -2.54. The van der Waals surface area contributed by atoms with Gasteiger partial charge in [-0.05, 0) is 62.1 Å². The maximum absolute atomic E-state index is 12.9. The van der Waals surface area contributed by atoms with Gasteiger partial charge in [-0.15, -0.1) is 0 Å². The molecule has 2 atom stereocenters. The number of carbonyl (C=O) groups is 1. The zero-order valence-corrected chi connectivity index (χ0v) is 19.4. The molecule has 2 rings (SSSR count). The summed E-state index contributed by atoms with van der Waals surface area (Å²) in [6, 6.07) is 12.8. The summed E-state index contributed by atoms with van der Waals surface area (Å²) in [5.41, 5.74) is 3.99. The number of benzene rings is 2. The minimum absolute atomic E-state index is 0.0819. The van der Waals surface area contributed by atoms with Gasteiger partial charge in [-0.1, -0.05) is 37.6 Å². The molecule has 30 heavy (non-hydrogen) atoms. The average molecular weight is 433 g/mol. The Morgan fingerprint density at radius 3 is 2.20 bits per heavy atom. The number of sulfonamides is 1. The zero-order chi connectivity index (χ0) is 22.5. The highest BCUT2D eigenvalue weighted by atomic mass is 32.2. The van der Waals surface area contributed by atoms with Crippen LogP contribution in [-0.4, -0.2) is 33.7 Å². The van der Waals surface area contributed by atoms with Crippen LogP contribution in [0.5, 0.6) is 5.75 Å². The fraction of sp³-hybridized carbons (Fsp3) is 0.435. The van der Waals surface area contributed by atoms with Crippen molar-refractivity contribution in [2.75, 3.05) is 17.6 Å². The number of amides is 1. The van der Waals surface area contributed by atoms with Crippen molar-refractivity contribution in [1.29, 1.82) is 0 Å². The zero-order valence-electron chi connectivity index (χ0n) is 18.6. The summed E-state index contributed by atoms with van der Waals surface area (Å²) in [7, 11) is -1.84. The Morgan fingerprint density at radius 1 is 1.07 bits per heavy atom. The summed E-state index contributed by atoms with van der Waals surface area (Å²) in [5, 5.41) is 3.11. The highest BCUT2D eigenvalue weighted by molar-refractivity contribution is 7.92. The van der Waals surface area contributed by atoms with E-state index in [9.17, 15) is 13.2 Å². The molecule has 0 spiro atoms. The summed E-state index contributed by atoms with van der Waals surface area (Å²) in [4.78, 5) is 12.9. The second kappa shape index (κ2) is 9.98. The lowest BCUT2D eigenvalue weighted by Gasteiger charge is -2.24. The van der Waals surface area contributed by atoms with E-state index < -0.39 is 16.1 Å². The molecule has 0 aliphatic heterocycles. The van der Waals surface area contributed by atoms with E-state index in [0.29, 0.717) is 17.9 Å². The van der Waals surface area contributed by atoms with Gasteiger partial charge in [0.25, 0.3) is 5.91 Å². The van der Waals surface area contributed by atoms with E-state index in [1.807, 2.05) is 13.8 Å². The van der Waals surface area contributed by atoms with E-state index in [1.165, 1.54) is 16.9 Å². The minimum Gasteiger partial charge on any atom is -0.481 e. The smallest absolute Gasteiger partial charge is 0.261 e. The molecule has 0 heterocycles. The van der Waals surface area contributed by atoms with Crippen LogP contribution in [-0.2, 0) is 14.8 Å². The lowest BCUT2D eigenvalue weighted by molar-refractivity contribution is -0.128. The molecule has 0 saturated carbocycles. The van der Waals surface area contributed by atoms with Gasteiger partial charge in [0.05, 0.1) is 18.0 Å². The summed E-state index contributed by atoms with van der Waals surface area (Å²) < 4.78 is 30.4. The van der Waals surface area contributed by atoms with Crippen molar-refractivity contribution in [2.45, 2.75) is 52.7 Å². The molecule has 0 aromatic heterocycles. The van der Waals surface area contributed by atoms with Gasteiger partial charge in [0.2, 0.25) is 10.0 Å². The number of nitrogens with one attached hydrogen (secondary N) is 1. The number of aryl methyl sites for hydroxylation is 2. The van der Waals surface area contributed by atoms with Crippen LogP contribution in [0.1, 0.15) is 49.4 Å². The van der Waals surface area contributed by atoms with E-state index >= 15 is 0 Å². The normalized spacial score (nSPS) is 13.4. The van der Waals surface area contributed by atoms with Crippen molar-refractivity contribution < 1.29 is 17.9 Å². The molecule has 0 radical (unpaired) electrons. The topological polar surface area (TPSA) is 75.7 Å². The van der Waals surface area contributed by atoms with E-state index in [-0.39, 0.29) is 11.9 Å². The first-order valence-electron chi connectivity index (χ1n) is 10.1. The average Bonchev–Trinajstić information content (AvgIpc) is 2.69. The Labute approximate surface area is 180 Å². The van der Waals surface area contributed by atoms with Crippen LogP contribution < -0.4 is 14.4 Å². The number of hydrogen-bond donors (Lipinski definition) is 1. The molecule has 0 bridgehead atoms. The number of ether oxygens (including phenoxy) is 1. The third-order valence-electron chi connectivity index (χ3n) is 5.16. The first-order valence-corrected chi connectivity index (χ1v) is 12.0. The van der Waals surface area contributed by atoms with Crippen molar-refractivity contribution in [3.63, 3.8) is 0 Å². The maximum atomic E-state index is 12.9. The SMILES string of the molecule is CC[C@H](Oc1ccc(N(C)S(C)(=O)=O)cc1)C(=O)N[C@@H](CC)c1ccc(C)cc1C. The van der Waals surface area contributed by atoms with Crippen LogP contribution in [0.4, 0.5) is 5.69 Å². The molecular weight excluding hydrogens is 400 g/mol. The van der Waals surface area contributed by atoms with Crippen molar-refractivity contribution in [3.8, 4) is 5.75 Å². The van der Waals surface area contributed by atoms with Crippen molar-refractivity contribution >= 4 is 21.6 Å². The van der Waals surface area contributed by atoms with Crippen LogP contribution in [0.3, 0.4) is 0 Å². The summed E-state index contributed by atoms with van der Waals surface area (Å²) in [5.74, 6) is 0.351. The van der Waals surface area contributed by atoms with Gasteiger partial charge in [-0.3, -0.25) is 9.10 Å². The molecule has 0 fully saturated rings. The maximum Gasteiger partial charge on any atom is 0.261 e. The Morgan fingerprint density at radius 2 is 1.70 bits per heavy atom. The number of rotatable bonds is 9. The van der Waals surface area contributed by atoms with E-state index in [1.54, 1.807) is 24.3 Å². The molecule has 0 saturated heterocycles.